The molecule has 0 aromatic heterocycles. The molecule has 0 spiro atoms. The Bertz CT molecular complexity index is 279. The fourth-order valence-electron chi connectivity index (χ4n) is 1.66. The van der Waals surface area contributed by atoms with E-state index < -0.39 is 12.0 Å². The summed E-state index contributed by atoms with van der Waals surface area (Å²) in [6.45, 7) is 1.34. The van der Waals surface area contributed by atoms with E-state index in [1.54, 1.807) is 0 Å². The van der Waals surface area contributed by atoms with E-state index in [9.17, 15) is 9.59 Å². The molecule has 1 N–H and O–H groups in total. The maximum absolute atomic E-state index is 11.1. The summed E-state index contributed by atoms with van der Waals surface area (Å²) in [6.07, 6.45) is 6.21. The maximum atomic E-state index is 11.1. The average molecular weight is 181 g/mol. The number of terminal acetylenes is 1. The molecule has 0 bridgehead atoms. The van der Waals surface area contributed by atoms with Gasteiger partial charge in [-0.2, -0.15) is 0 Å². The quantitative estimate of drug-likeness (QED) is 0.583. The van der Waals surface area contributed by atoms with E-state index in [-0.39, 0.29) is 11.9 Å². The van der Waals surface area contributed by atoms with Crippen molar-refractivity contribution in [3.63, 3.8) is 0 Å². The molecule has 1 rings (SSSR count). The predicted molar refractivity (Wildman–Crippen MR) is 45.8 cm³/mol. The number of hydrogen-bond acceptors (Lipinski definition) is 2. The summed E-state index contributed by atoms with van der Waals surface area (Å²) in [5.41, 5.74) is 0. The molecule has 0 saturated carbocycles. The van der Waals surface area contributed by atoms with Crippen LogP contribution in [0.15, 0.2) is 0 Å². The van der Waals surface area contributed by atoms with Crippen LogP contribution >= 0.6 is 0 Å². The van der Waals surface area contributed by atoms with Gasteiger partial charge in [-0.25, -0.2) is 4.79 Å². The molecular weight excluding hydrogens is 170 g/mol. The van der Waals surface area contributed by atoms with E-state index in [4.69, 9.17) is 11.5 Å². The van der Waals surface area contributed by atoms with Gasteiger partial charge in [-0.05, 0) is 12.8 Å². The molecule has 4 heteroatoms. The lowest BCUT2D eigenvalue weighted by atomic mass is 10.2. The van der Waals surface area contributed by atoms with Crippen molar-refractivity contribution < 1.29 is 14.7 Å². The SMILES string of the molecule is C#CC1CCC(C(=O)O)N1C(C)=O. The van der Waals surface area contributed by atoms with Crippen LogP contribution in [0.25, 0.3) is 0 Å². The van der Waals surface area contributed by atoms with Crippen LogP contribution in [-0.2, 0) is 9.59 Å². The Kier molecular flexibility index (Phi) is 2.57. The van der Waals surface area contributed by atoms with Gasteiger partial charge in [0.15, 0.2) is 0 Å². The molecule has 13 heavy (non-hydrogen) atoms. The molecule has 1 heterocycles. The summed E-state index contributed by atoms with van der Waals surface area (Å²) in [5.74, 6) is 1.17. The van der Waals surface area contributed by atoms with Gasteiger partial charge in [0.05, 0.1) is 6.04 Å². The molecule has 1 saturated heterocycles. The molecule has 1 fully saturated rings. The Morgan fingerprint density at radius 3 is 2.54 bits per heavy atom. The normalized spacial score (nSPS) is 26.9. The Morgan fingerprint density at radius 1 is 1.54 bits per heavy atom. The van der Waals surface area contributed by atoms with Crippen molar-refractivity contribution in [2.45, 2.75) is 31.8 Å². The Morgan fingerprint density at radius 2 is 2.15 bits per heavy atom. The number of carbonyl (C=O) groups is 2. The summed E-state index contributed by atoms with van der Waals surface area (Å²) >= 11 is 0. The average Bonchev–Trinajstić information content (AvgIpc) is 2.46. The summed E-state index contributed by atoms with van der Waals surface area (Å²) in [7, 11) is 0. The van der Waals surface area contributed by atoms with Crippen LogP contribution < -0.4 is 0 Å². The largest absolute Gasteiger partial charge is 0.480 e. The lowest BCUT2D eigenvalue weighted by Gasteiger charge is -2.23. The van der Waals surface area contributed by atoms with Gasteiger partial charge in [0.25, 0.3) is 0 Å². The van der Waals surface area contributed by atoms with Crippen LogP contribution in [0.4, 0.5) is 0 Å². The lowest BCUT2D eigenvalue weighted by Crippen LogP contribution is -2.43. The first-order valence-electron chi connectivity index (χ1n) is 4.05. The van der Waals surface area contributed by atoms with Crippen molar-refractivity contribution in [1.82, 2.24) is 4.90 Å². The van der Waals surface area contributed by atoms with E-state index >= 15 is 0 Å². The highest BCUT2D eigenvalue weighted by atomic mass is 16.4. The smallest absolute Gasteiger partial charge is 0.326 e. The molecule has 0 aromatic rings. The molecule has 70 valence electrons. The maximum Gasteiger partial charge on any atom is 0.326 e. The molecule has 2 unspecified atom stereocenters. The summed E-state index contributed by atoms with van der Waals surface area (Å²) in [5, 5.41) is 8.78. The van der Waals surface area contributed by atoms with Gasteiger partial charge < -0.3 is 10.0 Å². The molecule has 4 nitrogen and oxygen atoms in total. The van der Waals surface area contributed by atoms with Crippen LogP contribution in [-0.4, -0.2) is 34.0 Å². The number of rotatable bonds is 1. The van der Waals surface area contributed by atoms with Gasteiger partial charge in [0.1, 0.15) is 6.04 Å². The zero-order valence-corrected chi connectivity index (χ0v) is 7.36. The summed E-state index contributed by atoms with van der Waals surface area (Å²) in [4.78, 5) is 23.1. The summed E-state index contributed by atoms with van der Waals surface area (Å²) in [6, 6.07) is -1.09. The standard InChI is InChI=1S/C9H11NO3/c1-3-7-4-5-8(9(12)13)10(7)6(2)11/h1,7-8H,4-5H2,2H3,(H,12,13). The first-order chi connectivity index (χ1) is 6.07. The second-order valence-electron chi connectivity index (χ2n) is 3.04. The van der Waals surface area contributed by atoms with Crippen LogP contribution in [0.5, 0.6) is 0 Å². The van der Waals surface area contributed by atoms with Crippen molar-refractivity contribution in [3.8, 4) is 12.3 Å². The number of nitrogens with zero attached hydrogens (tertiary/aromatic N) is 1. The first-order valence-corrected chi connectivity index (χ1v) is 4.05. The molecule has 1 amide bonds. The minimum Gasteiger partial charge on any atom is -0.480 e. The minimum absolute atomic E-state index is 0.271. The number of carboxylic acid groups (broad SMARTS) is 1. The number of carbonyl (C=O) groups excluding carboxylic acids is 1. The molecular formula is C9H11NO3. The van der Waals surface area contributed by atoms with Gasteiger partial charge in [-0.15, -0.1) is 6.42 Å². The van der Waals surface area contributed by atoms with Gasteiger partial charge in [0, 0.05) is 6.92 Å². The Hall–Kier alpha value is -1.50. The van der Waals surface area contributed by atoms with Crippen LogP contribution in [0.1, 0.15) is 19.8 Å². The Labute approximate surface area is 76.5 Å². The monoisotopic (exact) mass is 181 g/mol. The summed E-state index contributed by atoms with van der Waals surface area (Å²) < 4.78 is 0. The topological polar surface area (TPSA) is 57.6 Å². The first kappa shape index (κ1) is 9.59. The van der Waals surface area contributed by atoms with E-state index in [2.05, 4.69) is 5.92 Å². The van der Waals surface area contributed by atoms with Gasteiger partial charge in [-0.1, -0.05) is 5.92 Å². The van der Waals surface area contributed by atoms with Crippen molar-refractivity contribution in [3.05, 3.63) is 0 Å². The second kappa shape index (κ2) is 3.48. The second-order valence-corrected chi connectivity index (χ2v) is 3.04. The number of aliphatic carboxylic acids is 1. The molecule has 0 aromatic carbocycles. The van der Waals surface area contributed by atoms with Gasteiger partial charge >= 0.3 is 5.97 Å². The molecule has 2 atom stereocenters. The highest BCUT2D eigenvalue weighted by Crippen LogP contribution is 2.23. The third-order valence-corrected chi connectivity index (χ3v) is 2.23. The van der Waals surface area contributed by atoms with Gasteiger partial charge in [-0.3, -0.25) is 4.79 Å². The minimum atomic E-state index is -0.979. The zero-order chi connectivity index (χ0) is 10.0. The third kappa shape index (κ3) is 1.64. The fourth-order valence-corrected chi connectivity index (χ4v) is 1.66. The highest BCUT2D eigenvalue weighted by Gasteiger charge is 2.38. The van der Waals surface area contributed by atoms with Crippen molar-refractivity contribution in [2.24, 2.45) is 0 Å². The van der Waals surface area contributed by atoms with Crippen LogP contribution in [0.3, 0.4) is 0 Å². The number of carboxylic acids is 1. The highest BCUT2D eigenvalue weighted by molar-refractivity contribution is 5.83. The zero-order valence-electron chi connectivity index (χ0n) is 7.36. The third-order valence-electron chi connectivity index (χ3n) is 2.23. The fraction of sp³-hybridized carbons (Fsp3) is 0.556. The van der Waals surface area contributed by atoms with E-state index in [0.717, 1.165) is 0 Å². The van der Waals surface area contributed by atoms with E-state index in [0.29, 0.717) is 12.8 Å². The lowest BCUT2D eigenvalue weighted by molar-refractivity contribution is -0.148. The Balaban J connectivity index is 2.86. The number of likely N-dealkylation sites (tertiary alicyclic amines) is 1. The van der Waals surface area contributed by atoms with Crippen LogP contribution in [0, 0.1) is 12.3 Å². The van der Waals surface area contributed by atoms with E-state index in [1.807, 2.05) is 0 Å². The van der Waals surface area contributed by atoms with E-state index in [1.165, 1.54) is 11.8 Å². The molecule has 1 aliphatic heterocycles. The van der Waals surface area contributed by atoms with Crippen molar-refractivity contribution in [1.29, 1.82) is 0 Å². The van der Waals surface area contributed by atoms with Crippen LogP contribution in [0.2, 0.25) is 0 Å². The molecule has 0 aliphatic carbocycles. The van der Waals surface area contributed by atoms with Crippen molar-refractivity contribution >= 4 is 11.9 Å². The molecule has 1 aliphatic rings. The number of amides is 1. The van der Waals surface area contributed by atoms with Crippen molar-refractivity contribution in [2.75, 3.05) is 0 Å². The van der Waals surface area contributed by atoms with Gasteiger partial charge in [0.2, 0.25) is 5.91 Å². The number of hydrogen-bond donors (Lipinski definition) is 1. The predicted octanol–water partition coefficient (Wildman–Crippen LogP) is 0.0837. The molecule has 0 radical (unpaired) electrons.